The Kier molecular flexibility index (Phi) is 7.96. The summed E-state index contributed by atoms with van der Waals surface area (Å²) in [6.07, 6.45) is 6.06. The van der Waals surface area contributed by atoms with Gasteiger partial charge in [-0.15, -0.1) is 0 Å². The molecule has 0 saturated carbocycles. The highest BCUT2D eigenvalue weighted by Crippen LogP contribution is 2.36. The van der Waals surface area contributed by atoms with Crippen LogP contribution in [0.15, 0.2) is 47.1 Å². The van der Waals surface area contributed by atoms with E-state index in [2.05, 4.69) is 12.7 Å². The molecule has 1 aliphatic heterocycles. The SMILES string of the molecule is C=C1C(=O)O[C@@H]2/C=C(/C)CC/C=C(/C)C[C@@H](OC(=O)/C(=C/CO)COC(C)=O)[C@@H]12. The van der Waals surface area contributed by atoms with E-state index in [1.165, 1.54) is 13.0 Å². The van der Waals surface area contributed by atoms with E-state index in [0.29, 0.717) is 6.42 Å². The smallest absolute Gasteiger partial charge is 0.337 e. The molecule has 7 nitrogen and oxygen atoms in total. The average molecular weight is 404 g/mol. The Labute approximate surface area is 170 Å². The van der Waals surface area contributed by atoms with Crippen molar-refractivity contribution in [2.75, 3.05) is 13.2 Å². The first-order valence-electron chi connectivity index (χ1n) is 9.59. The zero-order valence-electron chi connectivity index (χ0n) is 17.1. The van der Waals surface area contributed by atoms with Gasteiger partial charge in [-0.3, -0.25) is 4.79 Å². The highest BCUT2D eigenvalue weighted by Gasteiger charge is 2.44. The molecular formula is C22H28O7. The van der Waals surface area contributed by atoms with Crippen molar-refractivity contribution in [1.82, 2.24) is 0 Å². The largest absolute Gasteiger partial charge is 0.461 e. The summed E-state index contributed by atoms with van der Waals surface area (Å²) < 4.78 is 16.1. The van der Waals surface area contributed by atoms with Gasteiger partial charge in [0.2, 0.25) is 0 Å². The first-order valence-corrected chi connectivity index (χ1v) is 9.59. The lowest BCUT2D eigenvalue weighted by atomic mass is 9.85. The van der Waals surface area contributed by atoms with E-state index in [-0.39, 0.29) is 17.8 Å². The first kappa shape index (κ1) is 22.6. The minimum Gasteiger partial charge on any atom is -0.461 e. The van der Waals surface area contributed by atoms with Gasteiger partial charge in [-0.25, -0.2) is 9.59 Å². The van der Waals surface area contributed by atoms with Gasteiger partial charge in [0.1, 0.15) is 18.8 Å². The van der Waals surface area contributed by atoms with Crippen LogP contribution in [0, 0.1) is 5.92 Å². The van der Waals surface area contributed by atoms with Gasteiger partial charge in [0.05, 0.1) is 18.1 Å². The number of ether oxygens (including phenoxy) is 3. The Morgan fingerprint density at radius 3 is 2.72 bits per heavy atom. The van der Waals surface area contributed by atoms with Gasteiger partial charge in [-0.1, -0.05) is 23.8 Å². The van der Waals surface area contributed by atoms with Crippen molar-refractivity contribution in [3.8, 4) is 0 Å². The quantitative estimate of drug-likeness (QED) is 0.325. The van der Waals surface area contributed by atoms with Crippen LogP contribution in [0.2, 0.25) is 0 Å². The molecule has 2 rings (SSSR count). The Morgan fingerprint density at radius 2 is 2.07 bits per heavy atom. The molecule has 0 spiro atoms. The molecule has 2 aliphatic rings. The third-order valence-electron chi connectivity index (χ3n) is 4.95. The molecule has 0 bridgehead atoms. The standard InChI is InChI=1S/C22H28O7/c1-13-6-5-7-14(2)11-19(20-15(3)21(25)28-18(20)10-13)29-22(26)17(8-9-23)12-27-16(4)24/h7-8,10,18-20,23H,3,5-6,9,11-12H2,1-2,4H3/b13-10-,14-7-,17-8+/t18-,19-,20+/m1/s1. The van der Waals surface area contributed by atoms with Crippen LogP contribution in [0.1, 0.15) is 40.0 Å². The predicted octanol–water partition coefficient (Wildman–Crippen LogP) is 2.55. The number of hydrogen-bond donors (Lipinski definition) is 1. The maximum atomic E-state index is 12.7. The number of aliphatic hydroxyl groups excluding tert-OH is 1. The molecule has 158 valence electrons. The summed E-state index contributed by atoms with van der Waals surface area (Å²) in [6.45, 7) is 8.28. The highest BCUT2D eigenvalue weighted by atomic mass is 16.6. The van der Waals surface area contributed by atoms with E-state index in [1.807, 2.05) is 19.9 Å². The minimum absolute atomic E-state index is 0.0283. The zero-order valence-corrected chi connectivity index (χ0v) is 17.1. The molecule has 1 aliphatic carbocycles. The molecule has 3 atom stereocenters. The number of allylic oxidation sites excluding steroid dienone is 2. The van der Waals surface area contributed by atoms with E-state index in [9.17, 15) is 19.5 Å². The molecule has 0 amide bonds. The number of hydrogen-bond acceptors (Lipinski definition) is 7. The van der Waals surface area contributed by atoms with Crippen LogP contribution in [0.25, 0.3) is 0 Å². The van der Waals surface area contributed by atoms with Crippen molar-refractivity contribution in [2.24, 2.45) is 5.92 Å². The Hall–Kier alpha value is -2.67. The van der Waals surface area contributed by atoms with Crippen LogP contribution in [-0.4, -0.2) is 48.4 Å². The third-order valence-corrected chi connectivity index (χ3v) is 4.95. The fraction of sp³-hybridized carbons (Fsp3) is 0.500. The second-order valence-electron chi connectivity index (χ2n) is 7.36. The number of carbonyl (C=O) groups is 3. The van der Waals surface area contributed by atoms with Gasteiger partial charge >= 0.3 is 17.9 Å². The molecule has 1 saturated heterocycles. The zero-order chi connectivity index (χ0) is 21.6. The van der Waals surface area contributed by atoms with Gasteiger partial charge < -0.3 is 19.3 Å². The summed E-state index contributed by atoms with van der Waals surface area (Å²) in [5.41, 5.74) is 2.39. The first-order chi connectivity index (χ1) is 13.7. The van der Waals surface area contributed by atoms with Gasteiger partial charge in [-0.05, 0) is 38.8 Å². The van der Waals surface area contributed by atoms with Gasteiger partial charge in [0.15, 0.2) is 0 Å². The van der Waals surface area contributed by atoms with Crippen molar-refractivity contribution in [3.63, 3.8) is 0 Å². The van der Waals surface area contributed by atoms with Gasteiger partial charge in [-0.2, -0.15) is 0 Å². The topological polar surface area (TPSA) is 99.1 Å². The minimum atomic E-state index is -0.721. The average Bonchev–Trinajstić information content (AvgIpc) is 2.91. The van der Waals surface area contributed by atoms with E-state index >= 15 is 0 Å². The lowest BCUT2D eigenvalue weighted by molar-refractivity contribution is -0.148. The summed E-state index contributed by atoms with van der Waals surface area (Å²) in [7, 11) is 0. The fourth-order valence-electron chi connectivity index (χ4n) is 3.44. The molecule has 7 heteroatoms. The summed E-state index contributed by atoms with van der Waals surface area (Å²) in [6, 6.07) is 0. The molecule has 1 N–H and O–H groups in total. The molecule has 0 radical (unpaired) electrons. The van der Waals surface area contributed by atoms with Crippen LogP contribution < -0.4 is 0 Å². The normalized spacial score (nSPS) is 29.0. The molecule has 0 aromatic rings. The lowest BCUT2D eigenvalue weighted by Gasteiger charge is -2.27. The lowest BCUT2D eigenvalue weighted by Crippen LogP contribution is -2.34. The van der Waals surface area contributed by atoms with E-state index in [0.717, 1.165) is 24.0 Å². The second kappa shape index (κ2) is 10.2. The van der Waals surface area contributed by atoms with Crippen molar-refractivity contribution in [3.05, 3.63) is 47.1 Å². The van der Waals surface area contributed by atoms with Crippen molar-refractivity contribution < 1.29 is 33.7 Å². The molecule has 1 fully saturated rings. The van der Waals surface area contributed by atoms with Crippen LogP contribution in [0.3, 0.4) is 0 Å². The van der Waals surface area contributed by atoms with Gasteiger partial charge in [0, 0.05) is 18.9 Å². The summed E-state index contributed by atoms with van der Waals surface area (Å²) >= 11 is 0. The Balaban J connectivity index is 2.32. The Morgan fingerprint density at radius 1 is 1.34 bits per heavy atom. The molecule has 0 aromatic heterocycles. The van der Waals surface area contributed by atoms with Crippen molar-refractivity contribution in [1.29, 1.82) is 0 Å². The number of fused-ring (bicyclic) bond motifs is 1. The maximum Gasteiger partial charge on any atom is 0.337 e. The summed E-state index contributed by atoms with van der Waals surface area (Å²) in [4.78, 5) is 36.0. The number of rotatable bonds is 5. The fourth-order valence-corrected chi connectivity index (χ4v) is 3.44. The molecule has 1 heterocycles. The van der Waals surface area contributed by atoms with E-state index in [4.69, 9.17) is 14.2 Å². The molecule has 29 heavy (non-hydrogen) atoms. The van der Waals surface area contributed by atoms with E-state index < -0.39 is 42.6 Å². The predicted molar refractivity (Wildman–Crippen MR) is 106 cm³/mol. The highest BCUT2D eigenvalue weighted by molar-refractivity contribution is 5.92. The molecule has 0 aromatic carbocycles. The summed E-state index contributed by atoms with van der Waals surface area (Å²) in [5, 5.41) is 9.19. The number of aliphatic hydroxyl groups is 1. The number of carbonyl (C=O) groups excluding carboxylic acids is 3. The summed E-state index contributed by atoms with van der Waals surface area (Å²) in [5.74, 6) is -2.30. The van der Waals surface area contributed by atoms with Crippen molar-refractivity contribution >= 4 is 17.9 Å². The van der Waals surface area contributed by atoms with Gasteiger partial charge in [0.25, 0.3) is 0 Å². The third kappa shape index (κ3) is 6.15. The van der Waals surface area contributed by atoms with Crippen molar-refractivity contribution in [2.45, 2.75) is 52.2 Å². The second-order valence-corrected chi connectivity index (χ2v) is 7.36. The van der Waals surface area contributed by atoms with Crippen LogP contribution in [0.5, 0.6) is 0 Å². The Bertz CT molecular complexity index is 772. The van der Waals surface area contributed by atoms with E-state index in [1.54, 1.807) is 0 Å². The number of esters is 3. The monoisotopic (exact) mass is 404 g/mol. The molecular weight excluding hydrogens is 376 g/mol. The molecule has 0 unspecified atom stereocenters. The van der Waals surface area contributed by atoms with Crippen LogP contribution >= 0.6 is 0 Å². The maximum absolute atomic E-state index is 12.7. The van der Waals surface area contributed by atoms with Crippen LogP contribution in [-0.2, 0) is 28.6 Å². The van der Waals surface area contributed by atoms with Crippen LogP contribution in [0.4, 0.5) is 0 Å².